The van der Waals surface area contributed by atoms with E-state index in [2.05, 4.69) is 23.5 Å². The van der Waals surface area contributed by atoms with Gasteiger partial charge in [-0.25, -0.2) is 4.79 Å². The smallest absolute Gasteiger partial charge is 0.341 e. The molecule has 0 fully saturated rings. The summed E-state index contributed by atoms with van der Waals surface area (Å²) in [5, 5.41) is 3.26. The molecule has 0 saturated heterocycles. The van der Waals surface area contributed by atoms with Gasteiger partial charge in [0.05, 0.1) is 6.61 Å². The maximum atomic E-state index is 12.9. The molecule has 2 aromatic carbocycles. The van der Waals surface area contributed by atoms with Crippen LogP contribution in [0.5, 0.6) is 0 Å². The van der Waals surface area contributed by atoms with Gasteiger partial charge in [0, 0.05) is 11.1 Å². The van der Waals surface area contributed by atoms with E-state index in [1.807, 2.05) is 18.2 Å². The number of nitrogens with one attached hydrogen (secondary N) is 1. The molecule has 0 unspecified atom stereocenters. The summed E-state index contributed by atoms with van der Waals surface area (Å²) in [6, 6.07) is 17.0. The van der Waals surface area contributed by atoms with Gasteiger partial charge in [-0.3, -0.25) is 4.79 Å². The first kappa shape index (κ1) is 20.4. The molecule has 3 aromatic rings. The van der Waals surface area contributed by atoms with Gasteiger partial charge >= 0.3 is 5.97 Å². The van der Waals surface area contributed by atoms with E-state index in [9.17, 15) is 9.59 Å². The van der Waals surface area contributed by atoms with E-state index in [4.69, 9.17) is 16.3 Å². The lowest BCUT2D eigenvalue weighted by atomic mass is 9.88. The third-order valence-electron chi connectivity index (χ3n) is 4.98. The van der Waals surface area contributed by atoms with Crippen LogP contribution in [0.1, 0.15) is 50.8 Å². The number of benzene rings is 2. The number of rotatable bonds is 5. The van der Waals surface area contributed by atoms with Gasteiger partial charge in [-0.2, -0.15) is 0 Å². The molecule has 0 aliphatic heterocycles. The fourth-order valence-corrected chi connectivity index (χ4v) is 4.96. The summed E-state index contributed by atoms with van der Waals surface area (Å²) < 4.78 is 5.77. The molecular formula is C24H20ClNO3S. The molecule has 6 heteroatoms. The minimum absolute atomic E-state index is 0.236. The molecule has 4 rings (SSSR count). The molecule has 1 aromatic heterocycles. The molecule has 1 aliphatic rings. The number of halogens is 1. The van der Waals surface area contributed by atoms with Crippen molar-refractivity contribution in [2.45, 2.75) is 19.8 Å². The van der Waals surface area contributed by atoms with Crippen LogP contribution >= 0.6 is 22.9 Å². The highest BCUT2D eigenvalue weighted by Crippen LogP contribution is 2.44. The molecular weight excluding hydrogens is 418 g/mol. The van der Waals surface area contributed by atoms with Crippen molar-refractivity contribution in [3.05, 3.63) is 86.8 Å². The summed E-state index contributed by atoms with van der Waals surface area (Å²) >= 11 is 7.79. The van der Waals surface area contributed by atoms with E-state index >= 15 is 0 Å². The third kappa shape index (κ3) is 4.04. The normalized spacial score (nSPS) is 12.7. The zero-order chi connectivity index (χ0) is 21.1. The van der Waals surface area contributed by atoms with Gasteiger partial charge in [-0.15, -0.1) is 11.3 Å². The number of hydrogen-bond acceptors (Lipinski definition) is 4. The molecule has 1 heterocycles. The number of carbonyl (C=O) groups excluding carboxylic acids is 2. The largest absolute Gasteiger partial charge is 0.462 e. The summed E-state index contributed by atoms with van der Waals surface area (Å²) in [5.41, 5.74) is 4.83. The number of thiophene rings is 1. The van der Waals surface area contributed by atoms with Crippen molar-refractivity contribution in [2.24, 2.45) is 0 Å². The predicted octanol–water partition coefficient (Wildman–Crippen LogP) is 6.32. The van der Waals surface area contributed by atoms with E-state index in [0.29, 0.717) is 26.0 Å². The molecule has 0 bridgehead atoms. The summed E-state index contributed by atoms with van der Waals surface area (Å²) in [7, 11) is 0. The molecule has 0 saturated carbocycles. The van der Waals surface area contributed by atoms with E-state index in [1.165, 1.54) is 16.9 Å². The van der Waals surface area contributed by atoms with Gasteiger partial charge < -0.3 is 10.1 Å². The molecule has 4 nitrogen and oxygen atoms in total. The standard InChI is InChI=1S/C24H20ClNO3S/c1-2-29-24(28)20-19(18-13-12-15-8-6-7-11-17(15)14-18)21(25)30-23(20)26-22(27)16-9-4-3-5-10-16/h3-11,14H,2,12-13H2,1H3,(H,26,27). The second-order valence-electron chi connectivity index (χ2n) is 6.86. The lowest BCUT2D eigenvalue weighted by Gasteiger charge is -2.17. The zero-order valence-corrected chi connectivity index (χ0v) is 18.0. The second kappa shape index (κ2) is 8.86. The number of ether oxygens (including phenoxy) is 1. The van der Waals surface area contributed by atoms with Crippen molar-refractivity contribution in [1.29, 1.82) is 0 Å². The Morgan fingerprint density at radius 1 is 1.07 bits per heavy atom. The number of amides is 1. The van der Waals surface area contributed by atoms with Crippen molar-refractivity contribution in [1.82, 2.24) is 0 Å². The van der Waals surface area contributed by atoms with Crippen LogP contribution in [-0.2, 0) is 11.2 Å². The number of allylic oxidation sites excluding steroid dienone is 1. The van der Waals surface area contributed by atoms with E-state index in [-0.39, 0.29) is 12.5 Å². The van der Waals surface area contributed by atoms with Crippen molar-refractivity contribution in [3.63, 3.8) is 0 Å². The van der Waals surface area contributed by atoms with Crippen LogP contribution < -0.4 is 5.32 Å². The Morgan fingerprint density at radius 3 is 2.57 bits per heavy atom. The molecule has 30 heavy (non-hydrogen) atoms. The molecule has 0 atom stereocenters. The maximum absolute atomic E-state index is 12.9. The number of esters is 1. The number of fused-ring (bicyclic) bond motifs is 1. The summed E-state index contributed by atoms with van der Waals surface area (Å²) in [6.07, 6.45) is 3.69. The monoisotopic (exact) mass is 437 g/mol. The first-order valence-electron chi connectivity index (χ1n) is 9.73. The summed E-state index contributed by atoms with van der Waals surface area (Å²) in [4.78, 5) is 25.5. The lowest BCUT2D eigenvalue weighted by Crippen LogP contribution is -2.15. The topological polar surface area (TPSA) is 55.4 Å². The Morgan fingerprint density at radius 2 is 1.80 bits per heavy atom. The van der Waals surface area contributed by atoms with E-state index in [1.54, 1.807) is 31.2 Å². The van der Waals surface area contributed by atoms with Crippen LogP contribution in [-0.4, -0.2) is 18.5 Å². The molecule has 1 N–H and O–H groups in total. The molecule has 152 valence electrons. The summed E-state index contributed by atoms with van der Waals surface area (Å²) in [5.74, 6) is -0.785. The average Bonchev–Trinajstić information content (AvgIpc) is 3.09. The summed E-state index contributed by atoms with van der Waals surface area (Å²) in [6.45, 7) is 1.99. The highest BCUT2D eigenvalue weighted by atomic mass is 35.5. The van der Waals surface area contributed by atoms with Gasteiger partial charge in [0.15, 0.2) is 0 Å². The minimum Gasteiger partial charge on any atom is -0.462 e. The quantitative estimate of drug-likeness (QED) is 0.475. The zero-order valence-electron chi connectivity index (χ0n) is 16.4. The van der Waals surface area contributed by atoms with Gasteiger partial charge in [-0.05, 0) is 48.6 Å². The average molecular weight is 438 g/mol. The van der Waals surface area contributed by atoms with Crippen LogP contribution in [0.3, 0.4) is 0 Å². The Bertz CT molecular complexity index is 1130. The van der Waals surface area contributed by atoms with Crippen LogP contribution in [0, 0.1) is 0 Å². The first-order chi connectivity index (χ1) is 14.6. The van der Waals surface area contributed by atoms with Gasteiger partial charge in [0.1, 0.15) is 14.9 Å². The minimum atomic E-state index is -0.487. The SMILES string of the molecule is CCOC(=O)c1c(NC(=O)c2ccccc2)sc(Cl)c1C1=Cc2ccccc2CC1. The Labute approximate surface area is 184 Å². The Hall–Kier alpha value is -2.89. The number of aryl methyl sites for hydroxylation is 1. The number of anilines is 1. The maximum Gasteiger partial charge on any atom is 0.341 e. The molecule has 0 radical (unpaired) electrons. The van der Waals surface area contributed by atoms with Crippen molar-refractivity contribution >= 4 is 51.5 Å². The predicted molar refractivity (Wildman–Crippen MR) is 122 cm³/mol. The van der Waals surface area contributed by atoms with E-state index in [0.717, 1.165) is 24.0 Å². The second-order valence-corrected chi connectivity index (χ2v) is 8.49. The van der Waals surface area contributed by atoms with Gasteiger partial charge in [0.2, 0.25) is 0 Å². The van der Waals surface area contributed by atoms with Crippen LogP contribution in [0.15, 0.2) is 54.6 Å². The Balaban J connectivity index is 1.77. The highest BCUT2D eigenvalue weighted by molar-refractivity contribution is 7.21. The fourth-order valence-electron chi connectivity index (χ4n) is 3.57. The van der Waals surface area contributed by atoms with Crippen molar-refractivity contribution in [3.8, 4) is 0 Å². The molecule has 1 amide bonds. The lowest BCUT2D eigenvalue weighted by molar-refractivity contribution is 0.0528. The van der Waals surface area contributed by atoms with Crippen molar-refractivity contribution < 1.29 is 14.3 Å². The van der Waals surface area contributed by atoms with Crippen LogP contribution in [0.25, 0.3) is 11.6 Å². The fraction of sp³-hybridized carbons (Fsp3) is 0.167. The molecule has 1 aliphatic carbocycles. The Kier molecular flexibility index (Phi) is 6.02. The first-order valence-corrected chi connectivity index (χ1v) is 10.9. The third-order valence-corrected chi connectivity index (χ3v) is 6.29. The van der Waals surface area contributed by atoms with E-state index < -0.39 is 5.97 Å². The number of carbonyl (C=O) groups is 2. The van der Waals surface area contributed by atoms with Crippen LogP contribution in [0.2, 0.25) is 4.34 Å². The van der Waals surface area contributed by atoms with Crippen LogP contribution in [0.4, 0.5) is 5.00 Å². The van der Waals surface area contributed by atoms with Gasteiger partial charge in [0.25, 0.3) is 5.91 Å². The van der Waals surface area contributed by atoms with Gasteiger partial charge in [-0.1, -0.05) is 60.1 Å². The van der Waals surface area contributed by atoms with Crippen molar-refractivity contribution in [2.75, 3.05) is 11.9 Å². The number of hydrogen-bond donors (Lipinski definition) is 1. The highest BCUT2D eigenvalue weighted by Gasteiger charge is 2.28. The molecule has 0 spiro atoms.